The monoisotopic (exact) mass is 233 g/mol. The van der Waals surface area contributed by atoms with E-state index in [1.54, 1.807) is 0 Å². The largest absolute Gasteiger partial charge is 0.417 e. The quantitative estimate of drug-likeness (QED) is 0.823. The predicted molar refractivity (Wildman–Crippen MR) is 54.8 cm³/mol. The van der Waals surface area contributed by atoms with Gasteiger partial charge in [0.25, 0.3) is 0 Å². The molecule has 0 heterocycles. The summed E-state index contributed by atoms with van der Waals surface area (Å²) in [6, 6.07) is 3.35. The van der Waals surface area contributed by atoms with E-state index in [9.17, 15) is 18.3 Å². The van der Waals surface area contributed by atoms with E-state index in [2.05, 4.69) is 0 Å². The van der Waals surface area contributed by atoms with Gasteiger partial charge in [-0.2, -0.15) is 13.2 Å². The Kier molecular flexibility index (Phi) is 3.60. The summed E-state index contributed by atoms with van der Waals surface area (Å²) in [7, 11) is 0. The molecule has 0 radical (unpaired) electrons. The van der Waals surface area contributed by atoms with Crippen LogP contribution in [0.25, 0.3) is 0 Å². The molecule has 0 saturated heterocycles. The van der Waals surface area contributed by atoms with Gasteiger partial charge in [0.1, 0.15) is 0 Å². The summed E-state index contributed by atoms with van der Waals surface area (Å²) in [6.45, 7) is 2.83. The van der Waals surface area contributed by atoms with Gasteiger partial charge in [-0.1, -0.05) is 18.2 Å². The Balaban J connectivity index is 3.35. The maximum Gasteiger partial charge on any atom is 0.417 e. The number of benzene rings is 1. The van der Waals surface area contributed by atoms with Gasteiger partial charge in [-0.25, -0.2) is 0 Å². The third-order valence-corrected chi connectivity index (χ3v) is 2.41. The second-order valence-electron chi connectivity index (χ2n) is 3.84. The van der Waals surface area contributed by atoms with Gasteiger partial charge in [-0.15, -0.1) is 0 Å². The number of rotatable bonds is 2. The molecule has 3 N–H and O–H groups in total. The van der Waals surface area contributed by atoms with Gasteiger partial charge in [-0.3, -0.25) is 0 Å². The van der Waals surface area contributed by atoms with Gasteiger partial charge in [0.15, 0.2) is 0 Å². The Morgan fingerprint density at radius 2 is 1.88 bits per heavy atom. The van der Waals surface area contributed by atoms with E-state index in [1.807, 2.05) is 0 Å². The van der Waals surface area contributed by atoms with Crippen molar-refractivity contribution in [1.82, 2.24) is 0 Å². The van der Waals surface area contributed by atoms with Crippen molar-refractivity contribution in [2.24, 2.45) is 5.73 Å². The van der Waals surface area contributed by atoms with Crippen molar-refractivity contribution in [2.45, 2.75) is 32.2 Å². The van der Waals surface area contributed by atoms with Gasteiger partial charge in [0.05, 0.1) is 11.7 Å². The maximum atomic E-state index is 12.8. The van der Waals surface area contributed by atoms with Crippen LogP contribution >= 0.6 is 0 Å². The van der Waals surface area contributed by atoms with Crippen molar-refractivity contribution in [1.29, 1.82) is 0 Å². The number of alkyl halides is 3. The van der Waals surface area contributed by atoms with Crippen molar-refractivity contribution in [3.63, 3.8) is 0 Å². The summed E-state index contributed by atoms with van der Waals surface area (Å²) in [5, 5.41) is 9.64. The first kappa shape index (κ1) is 13.0. The highest BCUT2D eigenvalue weighted by atomic mass is 19.4. The molecule has 0 fully saturated rings. The molecule has 0 amide bonds. The van der Waals surface area contributed by atoms with Crippen LogP contribution < -0.4 is 5.73 Å². The molecular weight excluding hydrogens is 219 g/mol. The number of aliphatic hydroxyl groups is 1. The highest BCUT2D eigenvalue weighted by Crippen LogP contribution is 2.37. The lowest BCUT2D eigenvalue weighted by Gasteiger charge is -2.21. The van der Waals surface area contributed by atoms with Crippen LogP contribution in [0.1, 0.15) is 29.7 Å². The Labute approximate surface area is 91.9 Å². The summed E-state index contributed by atoms with van der Waals surface area (Å²) in [6.07, 6.45) is -5.78. The maximum absolute atomic E-state index is 12.8. The first-order chi connectivity index (χ1) is 7.25. The van der Waals surface area contributed by atoms with Gasteiger partial charge < -0.3 is 10.8 Å². The van der Waals surface area contributed by atoms with E-state index in [-0.39, 0.29) is 11.1 Å². The van der Waals surface area contributed by atoms with Crippen molar-refractivity contribution in [3.8, 4) is 0 Å². The third kappa shape index (κ3) is 2.54. The fourth-order valence-electron chi connectivity index (χ4n) is 1.61. The zero-order valence-corrected chi connectivity index (χ0v) is 9.05. The molecular formula is C11H14F3NO. The first-order valence-electron chi connectivity index (χ1n) is 4.85. The minimum Gasteiger partial charge on any atom is -0.387 e. The van der Waals surface area contributed by atoms with E-state index in [0.717, 1.165) is 0 Å². The molecule has 0 saturated carbocycles. The molecule has 0 aromatic heterocycles. The highest BCUT2D eigenvalue weighted by Gasteiger charge is 2.37. The molecule has 0 aliphatic rings. The van der Waals surface area contributed by atoms with Crippen molar-refractivity contribution in [2.75, 3.05) is 0 Å². The van der Waals surface area contributed by atoms with E-state index in [1.165, 1.54) is 32.0 Å². The highest BCUT2D eigenvalue weighted by molar-refractivity contribution is 5.38. The number of halogens is 3. The molecule has 0 unspecified atom stereocenters. The summed E-state index contributed by atoms with van der Waals surface area (Å²) < 4.78 is 38.3. The Morgan fingerprint density at radius 3 is 2.31 bits per heavy atom. The van der Waals surface area contributed by atoms with Crippen LogP contribution in [0.2, 0.25) is 0 Å². The molecule has 90 valence electrons. The second-order valence-corrected chi connectivity index (χ2v) is 3.84. The Morgan fingerprint density at radius 1 is 1.31 bits per heavy atom. The van der Waals surface area contributed by atoms with Crippen LogP contribution in [-0.2, 0) is 6.18 Å². The number of aliphatic hydroxyl groups excluding tert-OH is 1. The molecule has 5 heteroatoms. The lowest BCUT2D eigenvalue weighted by molar-refractivity contribution is -0.139. The first-order valence-corrected chi connectivity index (χ1v) is 4.85. The Bertz CT molecular complexity index is 374. The van der Waals surface area contributed by atoms with Gasteiger partial charge in [0, 0.05) is 6.04 Å². The smallest absolute Gasteiger partial charge is 0.387 e. The van der Waals surface area contributed by atoms with Crippen molar-refractivity contribution >= 4 is 0 Å². The van der Waals surface area contributed by atoms with Crippen LogP contribution in [0.4, 0.5) is 13.2 Å². The number of hydrogen-bond acceptors (Lipinski definition) is 2. The molecule has 16 heavy (non-hydrogen) atoms. The minimum atomic E-state index is -4.48. The number of nitrogens with two attached hydrogens (primary N) is 1. The second kappa shape index (κ2) is 4.43. The van der Waals surface area contributed by atoms with Gasteiger partial charge >= 0.3 is 6.18 Å². The molecule has 1 aromatic carbocycles. The standard InChI is InChI=1S/C11H14F3NO/c1-6-4-3-5-8(10(16)7(2)15)9(6)11(12,13)14/h3-5,7,10,16H,15H2,1-2H3/t7-,10-/m1/s1. The third-order valence-electron chi connectivity index (χ3n) is 2.41. The molecule has 0 aliphatic heterocycles. The summed E-state index contributed by atoms with van der Waals surface area (Å²) in [5.41, 5.74) is 4.54. The zero-order chi connectivity index (χ0) is 12.5. The van der Waals surface area contributed by atoms with Crippen LogP contribution in [0, 0.1) is 6.92 Å². The van der Waals surface area contributed by atoms with Gasteiger partial charge in [-0.05, 0) is 25.0 Å². The van der Waals surface area contributed by atoms with Crippen molar-refractivity contribution in [3.05, 3.63) is 34.9 Å². The lowest BCUT2D eigenvalue weighted by Crippen LogP contribution is -2.27. The zero-order valence-electron chi connectivity index (χ0n) is 9.05. The van der Waals surface area contributed by atoms with E-state index >= 15 is 0 Å². The minimum absolute atomic E-state index is 0.0877. The topological polar surface area (TPSA) is 46.2 Å². The summed E-state index contributed by atoms with van der Waals surface area (Å²) >= 11 is 0. The van der Waals surface area contributed by atoms with Crippen LogP contribution in [-0.4, -0.2) is 11.1 Å². The number of hydrogen-bond donors (Lipinski definition) is 2. The summed E-state index contributed by atoms with van der Waals surface area (Å²) in [5.74, 6) is 0. The molecule has 1 rings (SSSR count). The molecule has 2 nitrogen and oxygen atoms in total. The molecule has 0 aliphatic carbocycles. The van der Waals surface area contributed by atoms with Gasteiger partial charge in [0.2, 0.25) is 0 Å². The fourth-order valence-corrected chi connectivity index (χ4v) is 1.61. The lowest BCUT2D eigenvalue weighted by atomic mass is 9.94. The molecule has 0 bridgehead atoms. The molecule has 1 aromatic rings. The van der Waals surface area contributed by atoms with E-state index in [4.69, 9.17) is 5.73 Å². The predicted octanol–water partition coefficient (Wildman–Crippen LogP) is 2.39. The average Bonchev–Trinajstić information content (AvgIpc) is 2.14. The molecule has 2 atom stereocenters. The van der Waals surface area contributed by atoms with Crippen LogP contribution in [0.3, 0.4) is 0 Å². The molecule has 0 spiro atoms. The summed E-state index contributed by atoms with van der Waals surface area (Å²) in [4.78, 5) is 0. The Hall–Kier alpha value is -1.07. The normalized spacial score (nSPS) is 15.9. The van der Waals surface area contributed by atoms with Crippen LogP contribution in [0.15, 0.2) is 18.2 Å². The van der Waals surface area contributed by atoms with E-state index in [0.29, 0.717) is 0 Å². The van der Waals surface area contributed by atoms with Crippen molar-refractivity contribution < 1.29 is 18.3 Å². The SMILES string of the molecule is Cc1cccc([C@H](O)[C@@H](C)N)c1C(F)(F)F. The van der Waals surface area contributed by atoms with E-state index < -0.39 is 23.9 Å². The average molecular weight is 233 g/mol. The fraction of sp³-hybridized carbons (Fsp3) is 0.455. The van der Waals surface area contributed by atoms with Crippen LogP contribution in [0.5, 0.6) is 0 Å². The number of aryl methyl sites for hydroxylation is 1.